The minimum Gasteiger partial charge on any atom is -0.466 e. The van der Waals surface area contributed by atoms with E-state index in [1.807, 2.05) is 0 Å². The van der Waals surface area contributed by atoms with E-state index < -0.39 is 0 Å². The van der Waals surface area contributed by atoms with Crippen molar-refractivity contribution in [3.63, 3.8) is 0 Å². The van der Waals surface area contributed by atoms with E-state index in [9.17, 15) is 9.59 Å². The zero-order valence-corrected chi connectivity index (χ0v) is 12.7. The lowest BCUT2D eigenvalue weighted by atomic mass is 10.2. The number of rotatable bonds is 8. The Morgan fingerprint density at radius 2 is 1.85 bits per heavy atom. The van der Waals surface area contributed by atoms with E-state index in [1.54, 1.807) is 6.92 Å². The van der Waals surface area contributed by atoms with Gasteiger partial charge >= 0.3 is 5.97 Å². The van der Waals surface area contributed by atoms with Crippen molar-refractivity contribution in [1.82, 2.24) is 15.1 Å². The van der Waals surface area contributed by atoms with Gasteiger partial charge in [-0.2, -0.15) is 0 Å². The van der Waals surface area contributed by atoms with Gasteiger partial charge in [0, 0.05) is 39.1 Å². The van der Waals surface area contributed by atoms with E-state index in [0.717, 1.165) is 39.1 Å². The number of nitrogens with one attached hydrogen (secondary N) is 1. The van der Waals surface area contributed by atoms with Gasteiger partial charge in [0.1, 0.15) is 0 Å². The van der Waals surface area contributed by atoms with Gasteiger partial charge in [0.25, 0.3) is 0 Å². The maximum Gasteiger partial charge on any atom is 0.306 e. The number of piperazine rings is 1. The van der Waals surface area contributed by atoms with Crippen molar-refractivity contribution in [3.05, 3.63) is 0 Å². The number of carbonyl (C=O) groups excluding carboxylic acids is 2. The molecule has 0 aromatic carbocycles. The van der Waals surface area contributed by atoms with Crippen LogP contribution in [0.2, 0.25) is 0 Å². The molecule has 1 aliphatic rings. The van der Waals surface area contributed by atoms with Gasteiger partial charge in [-0.25, -0.2) is 0 Å². The highest BCUT2D eigenvalue weighted by Crippen LogP contribution is 1.99. The van der Waals surface area contributed by atoms with Gasteiger partial charge in [0.2, 0.25) is 5.91 Å². The molecular weight excluding hydrogens is 258 g/mol. The first kappa shape index (κ1) is 16.9. The zero-order chi connectivity index (χ0) is 14.8. The molecule has 6 nitrogen and oxygen atoms in total. The van der Waals surface area contributed by atoms with Crippen LogP contribution in [-0.2, 0) is 14.3 Å². The van der Waals surface area contributed by atoms with Crippen LogP contribution in [0.1, 0.15) is 26.2 Å². The minimum absolute atomic E-state index is 0.0727. The fraction of sp³-hybridized carbons (Fsp3) is 0.857. The van der Waals surface area contributed by atoms with E-state index in [1.165, 1.54) is 0 Å². The maximum atomic E-state index is 11.5. The van der Waals surface area contributed by atoms with Gasteiger partial charge in [-0.15, -0.1) is 0 Å². The van der Waals surface area contributed by atoms with E-state index in [2.05, 4.69) is 22.2 Å². The molecule has 1 fully saturated rings. The molecule has 1 saturated heterocycles. The van der Waals surface area contributed by atoms with Crippen LogP contribution in [0, 0.1) is 0 Å². The Morgan fingerprint density at radius 1 is 1.15 bits per heavy atom. The summed E-state index contributed by atoms with van der Waals surface area (Å²) in [5.74, 6) is -0.378. The molecule has 0 aliphatic carbocycles. The largest absolute Gasteiger partial charge is 0.466 e. The molecule has 0 radical (unpaired) electrons. The van der Waals surface area contributed by atoms with Crippen molar-refractivity contribution in [3.8, 4) is 0 Å². The molecule has 0 saturated carbocycles. The Bertz CT molecular complexity index is 302. The fourth-order valence-corrected chi connectivity index (χ4v) is 2.14. The predicted octanol–water partition coefficient (Wildman–Crippen LogP) is 0.0834. The summed E-state index contributed by atoms with van der Waals surface area (Å²) in [6.45, 7) is 8.26. The van der Waals surface area contributed by atoms with Crippen molar-refractivity contribution >= 4 is 11.9 Å². The molecule has 1 rings (SSSR count). The van der Waals surface area contributed by atoms with E-state index in [4.69, 9.17) is 4.74 Å². The summed E-state index contributed by atoms with van der Waals surface area (Å²) >= 11 is 0. The molecule has 1 aliphatic heterocycles. The molecule has 0 aromatic rings. The highest BCUT2D eigenvalue weighted by Gasteiger charge is 2.13. The van der Waals surface area contributed by atoms with E-state index >= 15 is 0 Å². The number of hydrogen-bond acceptors (Lipinski definition) is 5. The summed E-state index contributed by atoms with van der Waals surface area (Å²) < 4.78 is 4.78. The Balaban J connectivity index is 1.97. The van der Waals surface area contributed by atoms with E-state index in [-0.39, 0.29) is 24.7 Å². The van der Waals surface area contributed by atoms with Crippen LogP contribution in [0.4, 0.5) is 0 Å². The summed E-state index contributed by atoms with van der Waals surface area (Å²) in [6, 6.07) is 0. The predicted molar refractivity (Wildman–Crippen MR) is 77.4 cm³/mol. The monoisotopic (exact) mass is 285 g/mol. The standard InChI is InChI=1S/C14H27N3O3/c1-3-20-14(19)6-5-13(18)15-7-4-8-17-11-9-16(2)10-12-17/h3-12H2,1-2H3,(H,15,18). The Labute approximate surface area is 121 Å². The number of ether oxygens (including phenoxy) is 1. The molecule has 116 valence electrons. The molecule has 0 unspecified atom stereocenters. The normalized spacial score (nSPS) is 16.9. The Kier molecular flexibility index (Phi) is 8.22. The van der Waals surface area contributed by atoms with Crippen molar-refractivity contribution in [1.29, 1.82) is 0 Å². The lowest BCUT2D eigenvalue weighted by Crippen LogP contribution is -2.45. The SMILES string of the molecule is CCOC(=O)CCC(=O)NCCCN1CCN(C)CC1. The van der Waals surface area contributed by atoms with Crippen LogP contribution in [0.5, 0.6) is 0 Å². The van der Waals surface area contributed by atoms with Gasteiger partial charge < -0.3 is 19.9 Å². The number of carbonyl (C=O) groups is 2. The number of amides is 1. The zero-order valence-electron chi connectivity index (χ0n) is 12.7. The van der Waals surface area contributed by atoms with Crippen molar-refractivity contribution in [2.24, 2.45) is 0 Å². The first-order chi connectivity index (χ1) is 9.61. The van der Waals surface area contributed by atoms with Crippen molar-refractivity contribution in [2.75, 3.05) is 52.9 Å². The third-order valence-corrected chi connectivity index (χ3v) is 3.43. The molecule has 20 heavy (non-hydrogen) atoms. The summed E-state index contributed by atoms with van der Waals surface area (Å²) in [4.78, 5) is 27.4. The highest BCUT2D eigenvalue weighted by molar-refractivity contribution is 5.81. The lowest BCUT2D eigenvalue weighted by molar-refractivity contribution is -0.144. The van der Waals surface area contributed by atoms with Crippen LogP contribution in [0.15, 0.2) is 0 Å². The van der Waals surface area contributed by atoms with Crippen LogP contribution >= 0.6 is 0 Å². The van der Waals surface area contributed by atoms with Gasteiger partial charge in [-0.3, -0.25) is 9.59 Å². The third kappa shape index (κ3) is 7.45. The summed E-state index contributed by atoms with van der Waals surface area (Å²) in [5.41, 5.74) is 0. The second-order valence-electron chi connectivity index (χ2n) is 5.15. The smallest absolute Gasteiger partial charge is 0.306 e. The average molecular weight is 285 g/mol. The lowest BCUT2D eigenvalue weighted by Gasteiger charge is -2.32. The second-order valence-corrected chi connectivity index (χ2v) is 5.15. The second kappa shape index (κ2) is 9.72. The Hall–Kier alpha value is -1.14. The summed E-state index contributed by atoms with van der Waals surface area (Å²) in [6.07, 6.45) is 1.33. The quantitative estimate of drug-likeness (QED) is 0.506. The van der Waals surface area contributed by atoms with Gasteiger partial charge in [0.05, 0.1) is 13.0 Å². The van der Waals surface area contributed by atoms with Crippen LogP contribution < -0.4 is 5.32 Å². The van der Waals surface area contributed by atoms with Crippen LogP contribution in [0.3, 0.4) is 0 Å². The van der Waals surface area contributed by atoms with Crippen molar-refractivity contribution < 1.29 is 14.3 Å². The minimum atomic E-state index is -0.305. The molecule has 0 bridgehead atoms. The molecule has 0 atom stereocenters. The molecular formula is C14H27N3O3. The number of nitrogens with zero attached hydrogens (tertiary/aromatic N) is 2. The number of esters is 1. The molecule has 1 heterocycles. The third-order valence-electron chi connectivity index (χ3n) is 3.43. The molecule has 0 aromatic heterocycles. The first-order valence-corrected chi connectivity index (χ1v) is 7.45. The molecule has 6 heteroatoms. The van der Waals surface area contributed by atoms with Gasteiger partial charge in [0.15, 0.2) is 0 Å². The topological polar surface area (TPSA) is 61.9 Å². The van der Waals surface area contributed by atoms with Gasteiger partial charge in [-0.1, -0.05) is 0 Å². The Morgan fingerprint density at radius 3 is 2.50 bits per heavy atom. The van der Waals surface area contributed by atoms with Crippen LogP contribution in [-0.4, -0.2) is 74.6 Å². The number of hydrogen-bond donors (Lipinski definition) is 1. The van der Waals surface area contributed by atoms with Crippen LogP contribution in [0.25, 0.3) is 0 Å². The highest BCUT2D eigenvalue weighted by atomic mass is 16.5. The summed E-state index contributed by atoms with van der Waals surface area (Å²) in [5, 5.41) is 2.84. The number of likely N-dealkylation sites (N-methyl/N-ethyl adjacent to an activating group) is 1. The summed E-state index contributed by atoms with van der Waals surface area (Å²) in [7, 11) is 2.14. The molecule has 1 N–H and O–H groups in total. The maximum absolute atomic E-state index is 11.5. The average Bonchev–Trinajstić information content (AvgIpc) is 2.43. The fourth-order valence-electron chi connectivity index (χ4n) is 2.14. The molecule has 1 amide bonds. The van der Waals surface area contributed by atoms with Crippen molar-refractivity contribution in [2.45, 2.75) is 26.2 Å². The molecule has 0 spiro atoms. The first-order valence-electron chi connectivity index (χ1n) is 7.45. The van der Waals surface area contributed by atoms with Gasteiger partial charge in [-0.05, 0) is 26.9 Å². The van der Waals surface area contributed by atoms with E-state index in [0.29, 0.717) is 13.2 Å².